The van der Waals surface area contributed by atoms with E-state index >= 15 is 0 Å². The molecule has 0 aromatic carbocycles. The molecule has 1 amide bonds. The van der Waals surface area contributed by atoms with Gasteiger partial charge in [0.15, 0.2) is 5.13 Å². The average molecular weight is 319 g/mol. The van der Waals surface area contributed by atoms with Gasteiger partial charge in [0, 0.05) is 37.3 Å². The van der Waals surface area contributed by atoms with E-state index in [1.54, 1.807) is 6.20 Å². The zero-order chi connectivity index (χ0) is 14.0. The first-order chi connectivity index (χ1) is 8.97. The van der Waals surface area contributed by atoms with Crippen LogP contribution in [0.2, 0.25) is 0 Å². The first-order valence-corrected chi connectivity index (χ1v) is 7.52. The Labute approximate surface area is 130 Å². The fourth-order valence-electron chi connectivity index (χ4n) is 2.41. The molecule has 114 valence electrons. The van der Waals surface area contributed by atoms with Gasteiger partial charge in [0.25, 0.3) is 0 Å². The molecule has 1 aromatic heterocycles. The second kappa shape index (κ2) is 7.24. The predicted molar refractivity (Wildman–Crippen MR) is 85.1 cm³/mol. The fraction of sp³-hybridized carbons (Fsp3) is 0.692. The number of rotatable bonds is 4. The molecule has 7 heteroatoms. The summed E-state index contributed by atoms with van der Waals surface area (Å²) in [6.45, 7) is 9.61. The Kier molecular flexibility index (Phi) is 6.23. The number of anilines is 1. The van der Waals surface area contributed by atoms with Gasteiger partial charge in [-0.05, 0) is 12.8 Å². The fourth-order valence-corrected chi connectivity index (χ4v) is 3.12. The number of nitrogen functional groups attached to an aromatic ring is 1. The molecule has 0 bridgehead atoms. The van der Waals surface area contributed by atoms with E-state index in [2.05, 4.69) is 23.7 Å². The van der Waals surface area contributed by atoms with Gasteiger partial charge >= 0.3 is 0 Å². The molecule has 0 spiro atoms. The third-order valence-corrected chi connectivity index (χ3v) is 4.20. The van der Waals surface area contributed by atoms with E-state index in [1.807, 2.05) is 11.8 Å². The lowest BCUT2D eigenvalue weighted by atomic mass is 10.1. The van der Waals surface area contributed by atoms with Crippen LogP contribution in [0.1, 0.15) is 25.6 Å². The second-order valence-electron chi connectivity index (χ2n) is 5.49. The van der Waals surface area contributed by atoms with Gasteiger partial charge in [-0.2, -0.15) is 0 Å². The topological polar surface area (TPSA) is 62.5 Å². The molecule has 0 saturated carbocycles. The van der Waals surface area contributed by atoms with E-state index in [9.17, 15) is 4.79 Å². The van der Waals surface area contributed by atoms with Crippen molar-refractivity contribution in [3.8, 4) is 0 Å². The lowest BCUT2D eigenvalue weighted by molar-refractivity contribution is -0.141. The van der Waals surface area contributed by atoms with Crippen molar-refractivity contribution in [2.24, 2.45) is 5.92 Å². The van der Waals surface area contributed by atoms with Crippen LogP contribution in [0.5, 0.6) is 0 Å². The molecular formula is C13H23ClN4OS. The van der Waals surface area contributed by atoms with E-state index in [0.717, 1.165) is 31.1 Å². The van der Waals surface area contributed by atoms with Crippen molar-refractivity contribution in [1.82, 2.24) is 14.8 Å². The molecule has 1 aliphatic heterocycles. The number of carbonyl (C=O) groups is 1. The number of halogens is 1. The van der Waals surface area contributed by atoms with Gasteiger partial charge in [0.1, 0.15) is 0 Å². The number of aromatic nitrogens is 1. The molecule has 2 N–H and O–H groups in total. The summed E-state index contributed by atoms with van der Waals surface area (Å²) in [5.74, 6) is 0.751. The maximum Gasteiger partial charge on any atom is 0.239 e. The standard InChI is InChI=1S/C13H22N4OS.ClH/c1-9(2)7-17-5-4-16(10(3)12(17)18)8-11-6-15-13(14)19-11;/h6,9-10H,4-5,7-8H2,1-3H3,(H2,14,15);1H. The van der Waals surface area contributed by atoms with Crippen molar-refractivity contribution >= 4 is 34.8 Å². The number of hydrogen-bond acceptors (Lipinski definition) is 5. The number of nitrogens with two attached hydrogens (primary N) is 1. The normalized spacial score (nSPS) is 20.3. The number of hydrogen-bond donors (Lipinski definition) is 1. The molecule has 1 atom stereocenters. The van der Waals surface area contributed by atoms with Gasteiger partial charge in [0.05, 0.1) is 6.04 Å². The molecule has 2 rings (SSSR count). The molecule has 0 radical (unpaired) electrons. The van der Waals surface area contributed by atoms with Crippen LogP contribution in [0, 0.1) is 5.92 Å². The van der Waals surface area contributed by atoms with Crippen molar-refractivity contribution in [3.05, 3.63) is 11.1 Å². The van der Waals surface area contributed by atoms with Gasteiger partial charge in [-0.1, -0.05) is 13.8 Å². The lowest BCUT2D eigenvalue weighted by Gasteiger charge is -2.39. The van der Waals surface area contributed by atoms with Crippen LogP contribution in [0.3, 0.4) is 0 Å². The molecule has 1 aromatic rings. The highest BCUT2D eigenvalue weighted by Gasteiger charge is 2.31. The average Bonchev–Trinajstić information content (AvgIpc) is 2.74. The summed E-state index contributed by atoms with van der Waals surface area (Å²) in [6.07, 6.45) is 1.80. The van der Waals surface area contributed by atoms with E-state index in [4.69, 9.17) is 5.73 Å². The summed E-state index contributed by atoms with van der Waals surface area (Å²) >= 11 is 1.50. The van der Waals surface area contributed by atoms with Crippen LogP contribution >= 0.6 is 23.7 Å². The number of amides is 1. The molecule has 1 aliphatic rings. The SMILES string of the molecule is CC(C)CN1CCN(Cc2cnc(N)s2)C(C)C1=O.Cl. The van der Waals surface area contributed by atoms with Crippen molar-refractivity contribution in [3.63, 3.8) is 0 Å². The summed E-state index contributed by atoms with van der Waals surface area (Å²) in [5, 5.41) is 0.590. The summed E-state index contributed by atoms with van der Waals surface area (Å²) in [4.78, 5) is 21.7. The number of nitrogens with zero attached hydrogens (tertiary/aromatic N) is 3. The molecule has 1 unspecified atom stereocenters. The highest BCUT2D eigenvalue weighted by Crippen LogP contribution is 2.20. The maximum absolute atomic E-state index is 12.3. The lowest BCUT2D eigenvalue weighted by Crippen LogP contribution is -2.55. The second-order valence-corrected chi connectivity index (χ2v) is 6.64. The first kappa shape index (κ1) is 17.2. The highest BCUT2D eigenvalue weighted by atomic mass is 35.5. The highest BCUT2D eigenvalue weighted by molar-refractivity contribution is 7.15. The van der Waals surface area contributed by atoms with Crippen LogP contribution in [-0.4, -0.2) is 46.4 Å². The first-order valence-electron chi connectivity index (χ1n) is 6.70. The molecule has 1 fully saturated rings. The van der Waals surface area contributed by atoms with Crippen molar-refractivity contribution in [1.29, 1.82) is 0 Å². The van der Waals surface area contributed by atoms with Crippen molar-refractivity contribution < 1.29 is 4.79 Å². The number of carbonyl (C=O) groups excluding carboxylic acids is 1. The van der Waals surface area contributed by atoms with Gasteiger partial charge < -0.3 is 10.6 Å². The molecule has 5 nitrogen and oxygen atoms in total. The van der Waals surface area contributed by atoms with Crippen LogP contribution in [0.15, 0.2) is 6.20 Å². The maximum atomic E-state index is 12.3. The third-order valence-electron chi connectivity index (χ3n) is 3.39. The van der Waals surface area contributed by atoms with Gasteiger partial charge in [-0.25, -0.2) is 4.98 Å². The van der Waals surface area contributed by atoms with Gasteiger partial charge in [-0.15, -0.1) is 23.7 Å². The zero-order valence-electron chi connectivity index (χ0n) is 12.2. The quantitative estimate of drug-likeness (QED) is 0.920. The van der Waals surface area contributed by atoms with Crippen LogP contribution in [0.4, 0.5) is 5.13 Å². The Morgan fingerprint density at radius 1 is 1.50 bits per heavy atom. The Morgan fingerprint density at radius 2 is 2.20 bits per heavy atom. The molecule has 20 heavy (non-hydrogen) atoms. The minimum atomic E-state index is -0.0594. The minimum absolute atomic E-state index is 0. The van der Waals surface area contributed by atoms with E-state index in [-0.39, 0.29) is 24.4 Å². The number of thiazole rings is 1. The largest absolute Gasteiger partial charge is 0.375 e. The predicted octanol–water partition coefficient (Wildman–Crippen LogP) is 1.84. The van der Waals surface area contributed by atoms with Crippen LogP contribution in [-0.2, 0) is 11.3 Å². The van der Waals surface area contributed by atoms with Gasteiger partial charge in [-0.3, -0.25) is 9.69 Å². The molecule has 1 saturated heterocycles. The molecule has 0 aliphatic carbocycles. The Morgan fingerprint density at radius 3 is 2.75 bits per heavy atom. The summed E-state index contributed by atoms with van der Waals surface area (Å²) in [7, 11) is 0. The van der Waals surface area contributed by atoms with Crippen LogP contribution < -0.4 is 5.73 Å². The molecular weight excluding hydrogens is 296 g/mol. The monoisotopic (exact) mass is 318 g/mol. The van der Waals surface area contributed by atoms with Crippen molar-refractivity contribution in [2.45, 2.75) is 33.4 Å². The third kappa shape index (κ3) is 4.07. The van der Waals surface area contributed by atoms with E-state index < -0.39 is 0 Å². The van der Waals surface area contributed by atoms with Crippen molar-refractivity contribution in [2.75, 3.05) is 25.4 Å². The summed E-state index contributed by atoms with van der Waals surface area (Å²) in [5.41, 5.74) is 5.64. The Bertz CT molecular complexity index is 451. The smallest absolute Gasteiger partial charge is 0.239 e. The van der Waals surface area contributed by atoms with Gasteiger partial charge in [0.2, 0.25) is 5.91 Å². The van der Waals surface area contributed by atoms with Crippen LogP contribution in [0.25, 0.3) is 0 Å². The molecule has 2 heterocycles. The summed E-state index contributed by atoms with van der Waals surface area (Å²) in [6, 6.07) is -0.0594. The minimum Gasteiger partial charge on any atom is -0.375 e. The number of piperazine rings is 1. The Hall–Kier alpha value is -0.850. The van der Waals surface area contributed by atoms with E-state index in [0.29, 0.717) is 11.0 Å². The summed E-state index contributed by atoms with van der Waals surface area (Å²) < 4.78 is 0. The van der Waals surface area contributed by atoms with E-state index in [1.165, 1.54) is 11.3 Å². The Balaban J connectivity index is 0.00000200. The zero-order valence-corrected chi connectivity index (χ0v) is 13.8.